The topological polar surface area (TPSA) is 41.5 Å². The molecule has 0 aliphatic heterocycles. The molecule has 3 nitrogen and oxygen atoms in total. The molecule has 0 saturated heterocycles. The minimum Gasteiger partial charge on any atom is -0.394 e. The second-order valence-corrected chi connectivity index (χ2v) is 4.84. The lowest BCUT2D eigenvalue weighted by molar-refractivity contribution is 0.0901. The Balaban J connectivity index is 1.48. The summed E-state index contributed by atoms with van der Waals surface area (Å²) in [6, 6.07) is 0.808. The van der Waals surface area contributed by atoms with Crippen LogP contribution in [0.5, 0.6) is 0 Å². The van der Waals surface area contributed by atoms with Gasteiger partial charge in [0.15, 0.2) is 0 Å². The summed E-state index contributed by atoms with van der Waals surface area (Å²) in [5.74, 6) is 1.96. The van der Waals surface area contributed by atoms with E-state index in [9.17, 15) is 0 Å². The van der Waals surface area contributed by atoms with E-state index in [0.717, 1.165) is 37.5 Å². The molecule has 88 valence electrons. The molecular formula is C12H23NO2. The molecule has 0 heterocycles. The molecule has 2 saturated carbocycles. The Morgan fingerprint density at radius 3 is 2.33 bits per heavy atom. The van der Waals surface area contributed by atoms with Crippen LogP contribution in [0.1, 0.15) is 32.1 Å². The molecule has 0 aromatic rings. The molecule has 0 aromatic carbocycles. The third-order valence-electron chi connectivity index (χ3n) is 3.34. The van der Waals surface area contributed by atoms with Crippen LogP contribution in [-0.2, 0) is 4.74 Å². The minimum atomic E-state index is 0.139. The highest BCUT2D eigenvalue weighted by molar-refractivity contribution is 4.96. The van der Waals surface area contributed by atoms with E-state index in [-0.39, 0.29) is 6.61 Å². The predicted octanol–water partition coefficient (Wildman–Crippen LogP) is 1.16. The first-order chi connectivity index (χ1) is 7.42. The summed E-state index contributed by atoms with van der Waals surface area (Å²) in [5.41, 5.74) is 0. The number of aliphatic hydroxyl groups excluding tert-OH is 1. The fourth-order valence-electron chi connectivity index (χ4n) is 2.24. The number of hydrogen-bond acceptors (Lipinski definition) is 3. The first-order valence-corrected chi connectivity index (χ1v) is 6.34. The second-order valence-electron chi connectivity index (χ2n) is 4.84. The molecule has 0 bridgehead atoms. The lowest BCUT2D eigenvalue weighted by Crippen LogP contribution is -2.34. The molecule has 0 amide bonds. The molecule has 15 heavy (non-hydrogen) atoms. The molecule has 2 aliphatic carbocycles. The summed E-state index contributed by atoms with van der Waals surface area (Å²) in [6.07, 6.45) is 6.82. The third kappa shape index (κ3) is 4.09. The van der Waals surface area contributed by atoms with Gasteiger partial charge in [-0.3, -0.25) is 0 Å². The van der Waals surface area contributed by atoms with Crippen molar-refractivity contribution in [1.29, 1.82) is 0 Å². The molecule has 0 aromatic heterocycles. The highest BCUT2D eigenvalue weighted by atomic mass is 16.5. The summed E-state index contributed by atoms with van der Waals surface area (Å²) in [5, 5.41) is 12.2. The zero-order valence-corrected chi connectivity index (χ0v) is 9.45. The van der Waals surface area contributed by atoms with E-state index in [1.54, 1.807) is 0 Å². The van der Waals surface area contributed by atoms with Crippen molar-refractivity contribution >= 4 is 0 Å². The molecule has 0 unspecified atom stereocenters. The number of rotatable bonds is 9. The average Bonchev–Trinajstić information content (AvgIpc) is 3.09. The standard InChI is InChI=1S/C12H23NO2/c14-7-9-15-8-1-6-13-12(10-2-3-10)11-4-5-11/h10-14H,1-9H2. The van der Waals surface area contributed by atoms with Crippen molar-refractivity contribution in [2.24, 2.45) is 11.8 Å². The molecule has 2 fully saturated rings. The molecule has 2 N–H and O–H groups in total. The number of aliphatic hydroxyl groups is 1. The largest absolute Gasteiger partial charge is 0.394 e. The van der Waals surface area contributed by atoms with Crippen molar-refractivity contribution < 1.29 is 9.84 Å². The minimum absolute atomic E-state index is 0.139. The SMILES string of the molecule is OCCOCCCNC(C1CC1)C1CC1. The Kier molecular flexibility index (Phi) is 4.42. The van der Waals surface area contributed by atoms with Crippen LogP contribution >= 0.6 is 0 Å². The summed E-state index contributed by atoms with van der Waals surface area (Å²) in [7, 11) is 0. The summed E-state index contributed by atoms with van der Waals surface area (Å²) < 4.78 is 5.23. The smallest absolute Gasteiger partial charge is 0.0697 e. The van der Waals surface area contributed by atoms with Gasteiger partial charge in [-0.05, 0) is 50.5 Å². The van der Waals surface area contributed by atoms with Crippen LogP contribution in [-0.4, -0.2) is 37.5 Å². The second kappa shape index (κ2) is 5.83. The summed E-state index contributed by atoms with van der Waals surface area (Å²) in [4.78, 5) is 0. The van der Waals surface area contributed by atoms with Crippen molar-refractivity contribution in [2.45, 2.75) is 38.1 Å². The Morgan fingerprint density at radius 1 is 1.13 bits per heavy atom. The molecule has 3 heteroatoms. The quantitative estimate of drug-likeness (QED) is 0.565. The summed E-state index contributed by atoms with van der Waals surface area (Å²) >= 11 is 0. The van der Waals surface area contributed by atoms with E-state index in [1.165, 1.54) is 25.7 Å². The highest BCUT2D eigenvalue weighted by Gasteiger charge is 2.40. The van der Waals surface area contributed by atoms with Gasteiger partial charge in [-0.1, -0.05) is 0 Å². The normalized spacial score (nSPS) is 21.2. The maximum atomic E-state index is 8.53. The van der Waals surface area contributed by atoms with Crippen molar-refractivity contribution in [2.75, 3.05) is 26.4 Å². The van der Waals surface area contributed by atoms with Crippen LogP contribution in [0.25, 0.3) is 0 Å². The maximum Gasteiger partial charge on any atom is 0.0697 e. The Labute approximate surface area is 92.2 Å². The predicted molar refractivity (Wildman–Crippen MR) is 59.8 cm³/mol. The van der Waals surface area contributed by atoms with Crippen LogP contribution in [0, 0.1) is 11.8 Å². The van der Waals surface area contributed by atoms with Crippen LogP contribution in [0.2, 0.25) is 0 Å². The van der Waals surface area contributed by atoms with Gasteiger partial charge >= 0.3 is 0 Å². The van der Waals surface area contributed by atoms with Crippen molar-refractivity contribution in [1.82, 2.24) is 5.32 Å². The zero-order valence-electron chi connectivity index (χ0n) is 9.45. The average molecular weight is 213 g/mol. The fraction of sp³-hybridized carbons (Fsp3) is 1.00. The van der Waals surface area contributed by atoms with E-state index in [0.29, 0.717) is 6.61 Å². The molecule has 0 atom stereocenters. The molecule has 2 aliphatic rings. The van der Waals surface area contributed by atoms with Gasteiger partial charge in [-0.25, -0.2) is 0 Å². The van der Waals surface area contributed by atoms with E-state index in [4.69, 9.17) is 9.84 Å². The number of ether oxygens (including phenoxy) is 1. The van der Waals surface area contributed by atoms with Gasteiger partial charge in [0.25, 0.3) is 0 Å². The van der Waals surface area contributed by atoms with E-state index < -0.39 is 0 Å². The monoisotopic (exact) mass is 213 g/mol. The van der Waals surface area contributed by atoms with Gasteiger partial charge in [0.1, 0.15) is 0 Å². The Bertz CT molecular complexity index is 166. The zero-order chi connectivity index (χ0) is 10.5. The van der Waals surface area contributed by atoms with Crippen LogP contribution in [0.3, 0.4) is 0 Å². The Hall–Kier alpha value is -0.120. The van der Waals surface area contributed by atoms with Crippen molar-refractivity contribution in [3.8, 4) is 0 Å². The van der Waals surface area contributed by atoms with Crippen molar-refractivity contribution in [3.05, 3.63) is 0 Å². The third-order valence-corrected chi connectivity index (χ3v) is 3.34. The summed E-state index contributed by atoms with van der Waals surface area (Å²) in [6.45, 7) is 2.47. The molecule has 0 radical (unpaired) electrons. The highest BCUT2D eigenvalue weighted by Crippen LogP contribution is 2.44. The van der Waals surface area contributed by atoms with Gasteiger partial charge in [0.05, 0.1) is 13.2 Å². The van der Waals surface area contributed by atoms with Crippen molar-refractivity contribution in [3.63, 3.8) is 0 Å². The van der Waals surface area contributed by atoms with E-state index in [2.05, 4.69) is 5.32 Å². The Morgan fingerprint density at radius 2 is 1.80 bits per heavy atom. The lowest BCUT2D eigenvalue weighted by Gasteiger charge is -2.17. The first-order valence-electron chi connectivity index (χ1n) is 6.34. The van der Waals surface area contributed by atoms with Gasteiger partial charge in [0.2, 0.25) is 0 Å². The maximum absolute atomic E-state index is 8.53. The van der Waals surface area contributed by atoms with Crippen LogP contribution < -0.4 is 5.32 Å². The number of hydrogen-bond donors (Lipinski definition) is 2. The fourth-order valence-corrected chi connectivity index (χ4v) is 2.24. The van der Waals surface area contributed by atoms with E-state index >= 15 is 0 Å². The molecule has 2 rings (SSSR count). The molecule has 0 spiro atoms. The van der Waals surface area contributed by atoms with Gasteiger partial charge in [0, 0.05) is 12.6 Å². The van der Waals surface area contributed by atoms with Gasteiger partial charge < -0.3 is 15.2 Å². The number of nitrogens with one attached hydrogen (secondary N) is 1. The molecular weight excluding hydrogens is 190 g/mol. The van der Waals surface area contributed by atoms with Crippen LogP contribution in [0.4, 0.5) is 0 Å². The van der Waals surface area contributed by atoms with Gasteiger partial charge in [-0.15, -0.1) is 0 Å². The lowest BCUT2D eigenvalue weighted by atomic mass is 10.1. The van der Waals surface area contributed by atoms with Gasteiger partial charge in [-0.2, -0.15) is 0 Å². The van der Waals surface area contributed by atoms with Crippen LogP contribution in [0.15, 0.2) is 0 Å². The van der Waals surface area contributed by atoms with E-state index in [1.807, 2.05) is 0 Å². The first kappa shape index (κ1) is 11.4.